The van der Waals surface area contributed by atoms with Crippen LogP contribution in [0.4, 0.5) is 0 Å². The summed E-state index contributed by atoms with van der Waals surface area (Å²) in [5, 5.41) is 13.3. The molecular formula is C32H33ClN2O3. The number of nitrogens with zero attached hydrogens (tertiary/aromatic N) is 1. The molecule has 3 aromatic rings. The first-order valence-electron chi connectivity index (χ1n) is 13.1. The molecule has 0 spiro atoms. The van der Waals surface area contributed by atoms with E-state index in [1.807, 2.05) is 79.7 Å². The van der Waals surface area contributed by atoms with Gasteiger partial charge in [0.2, 0.25) is 0 Å². The predicted octanol–water partition coefficient (Wildman–Crippen LogP) is 6.39. The predicted molar refractivity (Wildman–Crippen MR) is 149 cm³/mol. The van der Waals surface area contributed by atoms with Crippen LogP contribution in [-0.2, 0) is 27.2 Å². The van der Waals surface area contributed by atoms with Gasteiger partial charge in [-0.1, -0.05) is 72.6 Å². The van der Waals surface area contributed by atoms with E-state index < -0.39 is 5.60 Å². The summed E-state index contributed by atoms with van der Waals surface area (Å²) in [4.78, 5) is 26.7. The Morgan fingerprint density at radius 2 is 1.76 bits per heavy atom. The molecule has 1 N–H and O–H groups in total. The Labute approximate surface area is 229 Å². The lowest BCUT2D eigenvalue weighted by atomic mass is 9.84. The number of ether oxygens (including phenoxy) is 1. The summed E-state index contributed by atoms with van der Waals surface area (Å²) in [6, 6.07) is 26.6. The van der Waals surface area contributed by atoms with Crippen LogP contribution in [0.5, 0.6) is 0 Å². The molecule has 1 saturated carbocycles. The average Bonchev–Trinajstić information content (AvgIpc) is 2.87. The highest BCUT2D eigenvalue weighted by Gasteiger charge is 2.41. The maximum Gasteiger partial charge on any atom is 0.309 e. The molecule has 0 radical (unpaired) electrons. The van der Waals surface area contributed by atoms with Gasteiger partial charge in [-0.2, -0.15) is 5.26 Å². The van der Waals surface area contributed by atoms with Gasteiger partial charge < -0.3 is 10.1 Å². The van der Waals surface area contributed by atoms with Crippen molar-refractivity contribution in [3.05, 3.63) is 106 Å². The average molecular weight is 529 g/mol. The van der Waals surface area contributed by atoms with Crippen molar-refractivity contribution >= 4 is 23.5 Å². The van der Waals surface area contributed by atoms with Crippen LogP contribution < -0.4 is 5.32 Å². The summed E-state index contributed by atoms with van der Waals surface area (Å²) in [7, 11) is 0. The standard InChI is InChI=1S/C32H33ClN2O3/c1-22(29(19-23-14-16-28(33)17-15-23)27-13-6-10-25(18-27)21-34)35-31(37)32(2,20-24-8-4-3-5-9-24)38-30(36)26-11-7-12-26/h3-6,8-10,13-18,22,26,29H,7,11-12,19-20H2,1-2H3,(H,35,37). The lowest BCUT2D eigenvalue weighted by molar-refractivity contribution is -0.173. The van der Waals surface area contributed by atoms with E-state index in [1.165, 1.54) is 0 Å². The summed E-state index contributed by atoms with van der Waals surface area (Å²) in [5.74, 6) is -0.908. The largest absolute Gasteiger partial charge is 0.449 e. The number of nitrogens with one attached hydrogen (secondary N) is 1. The molecule has 0 bridgehead atoms. The Morgan fingerprint density at radius 3 is 2.39 bits per heavy atom. The fraction of sp³-hybridized carbons (Fsp3) is 0.344. The third kappa shape index (κ3) is 6.82. The monoisotopic (exact) mass is 528 g/mol. The van der Waals surface area contributed by atoms with Gasteiger partial charge in [0.25, 0.3) is 5.91 Å². The van der Waals surface area contributed by atoms with Gasteiger partial charge in [0.15, 0.2) is 5.60 Å². The van der Waals surface area contributed by atoms with Gasteiger partial charge in [-0.25, -0.2) is 0 Å². The Morgan fingerprint density at radius 1 is 1.05 bits per heavy atom. The number of carbonyl (C=O) groups is 2. The normalized spacial score (nSPS) is 16.3. The van der Waals surface area contributed by atoms with Gasteiger partial charge in [-0.05, 0) is 74.1 Å². The molecule has 0 saturated heterocycles. The summed E-state index contributed by atoms with van der Waals surface area (Å²) >= 11 is 6.10. The molecule has 1 aliphatic rings. The smallest absolute Gasteiger partial charge is 0.309 e. The van der Waals surface area contributed by atoms with Crippen LogP contribution in [0.15, 0.2) is 78.9 Å². The van der Waals surface area contributed by atoms with Crippen molar-refractivity contribution in [3.8, 4) is 6.07 Å². The number of rotatable bonds is 10. The van der Waals surface area contributed by atoms with E-state index in [1.54, 1.807) is 13.0 Å². The number of nitriles is 1. The zero-order chi connectivity index (χ0) is 27.1. The number of amides is 1. The molecule has 4 rings (SSSR count). The van der Waals surface area contributed by atoms with Crippen molar-refractivity contribution in [2.45, 2.75) is 63.5 Å². The van der Waals surface area contributed by atoms with Gasteiger partial charge in [0, 0.05) is 23.4 Å². The summed E-state index contributed by atoms with van der Waals surface area (Å²) < 4.78 is 5.95. The molecule has 0 aromatic heterocycles. The number of halogens is 1. The molecule has 5 nitrogen and oxygen atoms in total. The number of hydrogen-bond donors (Lipinski definition) is 1. The first-order chi connectivity index (χ1) is 18.3. The molecule has 3 unspecified atom stereocenters. The number of esters is 1. The fourth-order valence-electron chi connectivity index (χ4n) is 4.85. The van der Waals surface area contributed by atoms with E-state index in [0.29, 0.717) is 17.0 Å². The maximum atomic E-state index is 13.8. The van der Waals surface area contributed by atoms with Gasteiger partial charge in [-0.15, -0.1) is 0 Å². The highest BCUT2D eigenvalue weighted by Crippen LogP contribution is 2.31. The van der Waals surface area contributed by atoms with E-state index in [9.17, 15) is 14.9 Å². The lowest BCUT2D eigenvalue weighted by Crippen LogP contribution is -2.53. The van der Waals surface area contributed by atoms with E-state index in [0.717, 1.165) is 36.0 Å². The molecule has 6 heteroatoms. The van der Waals surface area contributed by atoms with Gasteiger partial charge in [0.05, 0.1) is 17.6 Å². The Hall–Kier alpha value is -3.62. The zero-order valence-corrected chi connectivity index (χ0v) is 22.6. The maximum absolute atomic E-state index is 13.8. The summed E-state index contributed by atoms with van der Waals surface area (Å²) in [5.41, 5.74) is 2.13. The van der Waals surface area contributed by atoms with Crippen LogP contribution in [-0.4, -0.2) is 23.5 Å². The topological polar surface area (TPSA) is 79.2 Å². The van der Waals surface area contributed by atoms with Crippen molar-refractivity contribution in [1.29, 1.82) is 5.26 Å². The van der Waals surface area contributed by atoms with Crippen LogP contribution in [0.3, 0.4) is 0 Å². The Bertz CT molecular complexity index is 1300. The highest BCUT2D eigenvalue weighted by molar-refractivity contribution is 6.30. The van der Waals surface area contributed by atoms with Crippen LogP contribution in [0.25, 0.3) is 0 Å². The molecule has 1 aliphatic carbocycles. The van der Waals surface area contributed by atoms with Crippen LogP contribution >= 0.6 is 11.6 Å². The third-order valence-corrected chi connectivity index (χ3v) is 7.66. The van der Waals surface area contributed by atoms with Crippen molar-refractivity contribution in [2.24, 2.45) is 5.92 Å². The quantitative estimate of drug-likeness (QED) is 0.309. The Kier molecular flexibility index (Phi) is 8.86. The van der Waals surface area contributed by atoms with E-state index in [4.69, 9.17) is 16.3 Å². The zero-order valence-electron chi connectivity index (χ0n) is 21.8. The SMILES string of the molecule is CC(NC(=O)C(C)(Cc1ccccc1)OC(=O)C1CCC1)C(Cc1ccc(Cl)cc1)c1cccc(C#N)c1. The first-order valence-corrected chi connectivity index (χ1v) is 13.5. The van der Waals surface area contributed by atoms with E-state index in [-0.39, 0.29) is 36.2 Å². The second-order valence-corrected chi connectivity index (χ2v) is 10.8. The molecule has 3 aromatic carbocycles. The summed E-state index contributed by atoms with van der Waals surface area (Å²) in [6.07, 6.45) is 3.52. The molecule has 1 fully saturated rings. The van der Waals surface area contributed by atoms with Crippen molar-refractivity contribution < 1.29 is 14.3 Å². The second kappa shape index (κ2) is 12.3. The molecule has 38 heavy (non-hydrogen) atoms. The molecule has 1 amide bonds. The third-order valence-electron chi connectivity index (χ3n) is 7.40. The number of benzene rings is 3. The molecule has 0 heterocycles. The fourth-order valence-corrected chi connectivity index (χ4v) is 4.98. The first kappa shape index (κ1) is 27.4. The van der Waals surface area contributed by atoms with Crippen LogP contribution in [0, 0.1) is 17.2 Å². The minimum absolute atomic E-state index is 0.128. The highest BCUT2D eigenvalue weighted by atomic mass is 35.5. The minimum atomic E-state index is -1.36. The van der Waals surface area contributed by atoms with Crippen LogP contribution in [0.1, 0.15) is 61.3 Å². The van der Waals surface area contributed by atoms with Gasteiger partial charge in [0.1, 0.15) is 0 Å². The lowest BCUT2D eigenvalue weighted by Gasteiger charge is -2.35. The number of hydrogen-bond acceptors (Lipinski definition) is 4. The van der Waals surface area contributed by atoms with Crippen molar-refractivity contribution in [2.75, 3.05) is 0 Å². The molecule has 0 aliphatic heterocycles. The van der Waals surface area contributed by atoms with Gasteiger partial charge >= 0.3 is 5.97 Å². The van der Waals surface area contributed by atoms with E-state index in [2.05, 4.69) is 11.4 Å². The van der Waals surface area contributed by atoms with Crippen molar-refractivity contribution in [3.63, 3.8) is 0 Å². The number of carbonyl (C=O) groups excluding carboxylic acids is 2. The molecular weight excluding hydrogens is 496 g/mol. The minimum Gasteiger partial charge on any atom is -0.449 e. The van der Waals surface area contributed by atoms with Crippen molar-refractivity contribution in [1.82, 2.24) is 5.32 Å². The van der Waals surface area contributed by atoms with Crippen LogP contribution in [0.2, 0.25) is 5.02 Å². The Balaban J connectivity index is 1.60. The van der Waals surface area contributed by atoms with Gasteiger partial charge in [-0.3, -0.25) is 9.59 Å². The second-order valence-electron chi connectivity index (χ2n) is 10.4. The molecule has 3 atom stereocenters. The van der Waals surface area contributed by atoms with E-state index >= 15 is 0 Å². The summed E-state index contributed by atoms with van der Waals surface area (Å²) in [6.45, 7) is 3.65. The molecule has 196 valence electrons.